The maximum atomic E-state index is 6.21. The first-order valence-corrected chi connectivity index (χ1v) is 8.85. The number of benzene rings is 1. The van der Waals surface area contributed by atoms with E-state index < -0.39 is 0 Å². The van der Waals surface area contributed by atoms with Gasteiger partial charge in [-0.25, -0.2) is 9.97 Å². The number of anilines is 1. The van der Waals surface area contributed by atoms with Gasteiger partial charge in [0, 0.05) is 0 Å². The molecule has 1 heterocycles. The Morgan fingerprint density at radius 2 is 2.04 bits per heavy atom. The second kappa shape index (κ2) is 8.88. The molecule has 1 N–H and O–H groups in total. The van der Waals surface area contributed by atoms with Gasteiger partial charge in [-0.05, 0) is 50.8 Å². The molecule has 2 aromatic rings. The number of aryl methyl sites for hydroxylation is 3. The third kappa shape index (κ3) is 5.10. The predicted octanol–water partition coefficient (Wildman–Crippen LogP) is 4.97. The molecule has 4 nitrogen and oxygen atoms in total. The summed E-state index contributed by atoms with van der Waals surface area (Å²) in [5, 5.41) is 3.83. The summed E-state index contributed by atoms with van der Waals surface area (Å²) < 4.78 is 5.95. The van der Waals surface area contributed by atoms with E-state index in [1.807, 2.05) is 13.8 Å². The third-order valence-corrected chi connectivity index (χ3v) is 4.35. The van der Waals surface area contributed by atoms with E-state index in [0.29, 0.717) is 17.4 Å². The number of nitrogens with zero attached hydrogens (tertiary/aromatic N) is 2. The van der Waals surface area contributed by atoms with Crippen LogP contribution in [0.1, 0.15) is 43.5 Å². The number of unbranched alkanes of at least 4 members (excludes halogenated alkanes) is 1. The number of halogens is 1. The molecule has 1 aromatic heterocycles. The maximum absolute atomic E-state index is 6.21. The fraction of sp³-hybridized carbons (Fsp3) is 0.474. The second-order valence-electron chi connectivity index (χ2n) is 6.18. The summed E-state index contributed by atoms with van der Waals surface area (Å²) in [5.41, 5.74) is 3.31. The second-order valence-corrected chi connectivity index (χ2v) is 6.56. The average Bonchev–Trinajstić information content (AvgIpc) is 2.56. The Kier molecular flexibility index (Phi) is 6.85. The fourth-order valence-electron chi connectivity index (χ4n) is 2.46. The summed E-state index contributed by atoms with van der Waals surface area (Å²) >= 11 is 6.21. The van der Waals surface area contributed by atoms with Gasteiger partial charge in [0.1, 0.15) is 29.5 Å². The van der Waals surface area contributed by atoms with Gasteiger partial charge in [0.15, 0.2) is 0 Å². The Morgan fingerprint density at radius 3 is 2.75 bits per heavy atom. The van der Waals surface area contributed by atoms with E-state index in [1.165, 1.54) is 30.3 Å². The first-order valence-electron chi connectivity index (χ1n) is 8.47. The minimum absolute atomic E-state index is 0.0796. The standard InChI is InChI=1S/C19H26ClN3O/c1-5-6-7-16-8-9-17(13(2)10-16)24-11-14(3)23-19-18(20)15(4)21-12-22-19/h8-10,12,14H,5-7,11H2,1-4H3,(H,21,22,23). The first kappa shape index (κ1) is 18.5. The molecule has 1 unspecified atom stereocenters. The number of nitrogens with one attached hydrogen (secondary N) is 1. The number of hydrogen-bond donors (Lipinski definition) is 1. The molecule has 1 aromatic carbocycles. The highest BCUT2D eigenvalue weighted by molar-refractivity contribution is 6.33. The molecule has 0 radical (unpaired) electrons. The van der Waals surface area contributed by atoms with E-state index in [0.717, 1.165) is 17.9 Å². The van der Waals surface area contributed by atoms with Gasteiger partial charge in [0.05, 0.1) is 11.7 Å². The summed E-state index contributed by atoms with van der Waals surface area (Å²) in [4.78, 5) is 8.25. The van der Waals surface area contributed by atoms with Gasteiger partial charge < -0.3 is 10.1 Å². The van der Waals surface area contributed by atoms with Crippen molar-refractivity contribution < 1.29 is 4.74 Å². The van der Waals surface area contributed by atoms with Crippen LogP contribution in [0.4, 0.5) is 5.82 Å². The van der Waals surface area contributed by atoms with Crippen molar-refractivity contribution in [2.24, 2.45) is 0 Å². The van der Waals surface area contributed by atoms with Gasteiger partial charge in [-0.15, -0.1) is 0 Å². The largest absolute Gasteiger partial charge is 0.491 e. The minimum Gasteiger partial charge on any atom is -0.491 e. The molecule has 24 heavy (non-hydrogen) atoms. The van der Waals surface area contributed by atoms with Crippen LogP contribution in [-0.2, 0) is 6.42 Å². The van der Waals surface area contributed by atoms with Crippen LogP contribution in [0.5, 0.6) is 5.75 Å². The van der Waals surface area contributed by atoms with E-state index in [9.17, 15) is 0 Å². The highest BCUT2D eigenvalue weighted by Gasteiger charge is 2.10. The van der Waals surface area contributed by atoms with Gasteiger partial charge >= 0.3 is 0 Å². The van der Waals surface area contributed by atoms with E-state index >= 15 is 0 Å². The normalized spacial score (nSPS) is 12.0. The summed E-state index contributed by atoms with van der Waals surface area (Å²) in [5.74, 6) is 1.57. The van der Waals surface area contributed by atoms with Crippen molar-refractivity contribution >= 4 is 17.4 Å². The molecule has 0 bridgehead atoms. The van der Waals surface area contributed by atoms with E-state index in [2.05, 4.69) is 47.3 Å². The van der Waals surface area contributed by atoms with Crippen molar-refractivity contribution in [1.82, 2.24) is 9.97 Å². The summed E-state index contributed by atoms with van der Waals surface area (Å²) in [6, 6.07) is 6.51. The Labute approximate surface area is 149 Å². The van der Waals surface area contributed by atoms with Crippen LogP contribution < -0.4 is 10.1 Å². The van der Waals surface area contributed by atoms with Gasteiger partial charge in [-0.2, -0.15) is 0 Å². The molecule has 5 heteroatoms. The number of aromatic nitrogens is 2. The molecule has 0 amide bonds. The Morgan fingerprint density at radius 1 is 1.25 bits per heavy atom. The molecule has 0 aliphatic rings. The SMILES string of the molecule is CCCCc1ccc(OCC(C)Nc2ncnc(C)c2Cl)c(C)c1. The highest BCUT2D eigenvalue weighted by atomic mass is 35.5. The van der Waals surface area contributed by atoms with Crippen LogP contribution in [-0.4, -0.2) is 22.6 Å². The maximum Gasteiger partial charge on any atom is 0.148 e. The van der Waals surface area contributed by atoms with Crippen molar-refractivity contribution in [3.63, 3.8) is 0 Å². The van der Waals surface area contributed by atoms with Crippen molar-refractivity contribution in [1.29, 1.82) is 0 Å². The smallest absolute Gasteiger partial charge is 0.148 e. The molecule has 0 aliphatic carbocycles. The lowest BCUT2D eigenvalue weighted by atomic mass is 10.1. The highest BCUT2D eigenvalue weighted by Crippen LogP contribution is 2.23. The molecule has 0 fully saturated rings. The first-order chi connectivity index (χ1) is 11.5. The lowest BCUT2D eigenvalue weighted by Crippen LogP contribution is -2.24. The number of rotatable bonds is 8. The average molecular weight is 348 g/mol. The van der Waals surface area contributed by atoms with E-state index in [4.69, 9.17) is 16.3 Å². The fourth-order valence-corrected chi connectivity index (χ4v) is 2.61. The third-order valence-electron chi connectivity index (χ3n) is 3.89. The van der Waals surface area contributed by atoms with Gasteiger partial charge in [0.25, 0.3) is 0 Å². The van der Waals surface area contributed by atoms with Crippen LogP contribution in [0, 0.1) is 13.8 Å². The monoisotopic (exact) mass is 347 g/mol. The zero-order chi connectivity index (χ0) is 17.5. The van der Waals surface area contributed by atoms with Crippen LogP contribution in [0.3, 0.4) is 0 Å². The van der Waals surface area contributed by atoms with Crippen LogP contribution >= 0.6 is 11.6 Å². The summed E-state index contributed by atoms with van der Waals surface area (Å²) in [6.45, 7) is 8.74. The quantitative estimate of drug-likeness (QED) is 0.732. The Hall–Kier alpha value is -1.81. The molecule has 0 saturated heterocycles. The van der Waals surface area contributed by atoms with Crippen molar-refractivity contribution in [3.8, 4) is 5.75 Å². The molecular formula is C19H26ClN3O. The molecule has 2 rings (SSSR count). The van der Waals surface area contributed by atoms with E-state index in [-0.39, 0.29) is 6.04 Å². The molecule has 0 saturated carbocycles. The topological polar surface area (TPSA) is 47.0 Å². The van der Waals surface area contributed by atoms with Crippen molar-refractivity contribution in [3.05, 3.63) is 46.4 Å². The lowest BCUT2D eigenvalue weighted by Gasteiger charge is -2.18. The predicted molar refractivity (Wildman–Crippen MR) is 100 cm³/mol. The van der Waals surface area contributed by atoms with Crippen molar-refractivity contribution in [2.45, 2.75) is 53.0 Å². The number of hydrogen-bond acceptors (Lipinski definition) is 4. The van der Waals surface area contributed by atoms with Crippen LogP contribution in [0.25, 0.3) is 0 Å². The molecule has 0 spiro atoms. The number of ether oxygens (including phenoxy) is 1. The van der Waals surface area contributed by atoms with Crippen LogP contribution in [0.2, 0.25) is 5.02 Å². The van der Waals surface area contributed by atoms with Gasteiger partial charge in [-0.1, -0.05) is 37.1 Å². The van der Waals surface area contributed by atoms with Gasteiger partial charge in [0.2, 0.25) is 0 Å². The molecule has 1 atom stereocenters. The zero-order valence-electron chi connectivity index (χ0n) is 14.9. The molecule has 130 valence electrons. The Bertz CT molecular complexity index is 676. The zero-order valence-corrected chi connectivity index (χ0v) is 15.7. The minimum atomic E-state index is 0.0796. The molecule has 0 aliphatic heterocycles. The molecular weight excluding hydrogens is 322 g/mol. The summed E-state index contributed by atoms with van der Waals surface area (Å²) in [7, 11) is 0. The van der Waals surface area contributed by atoms with Crippen molar-refractivity contribution in [2.75, 3.05) is 11.9 Å². The summed E-state index contributed by atoms with van der Waals surface area (Å²) in [6.07, 6.45) is 5.07. The lowest BCUT2D eigenvalue weighted by molar-refractivity contribution is 0.301. The Balaban J connectivity index is 1.91. The van der Waals surface area contributed by atoms with Gasteiger partial charge in [-0.3, -0.25) is 0 Å². The van der Waals surface area contributed by atoms with E-state index in [1.54, 1.807) is 0 Å². The van der Waals surface area contributed by atoms with Crippen LogP contribution in [0.15, 0.2) is 24.5 Å².